The normalized spacial score (nSPS) is 35.3. The lowest BCUT2D eigenvalue weighted by Gasteiger charge is -2.30. The fraction of sp³-hybridized carbons (Fsp3) is 1.00. The molecule has 2 rings (SSSR count). The summed E-state index contributed by atoms with van der Waals surface area (Å²) in [4.78, 5) is 2.70. The molecule has 18 heavy (non-hydrogen) atoms. The highest BCUT2D eigenvalue weighted by molar-refractivity contribution is 4.77. The molecule has 3 unspecified atom stereocenters. The topological polar surface area (TPSA) is 15.3 Å². The summed E-state index contributed by atoms with van der Waals surface area (Å²) in [6.45, 7) is 8.59. The Balaban J connectivity index is 1.64. The van der Waals surface area contributed by atoms with Gasteiger partial charge in [-0.3, -0.25) is 4.90 Å². The van der Waals surface area contributed by atoms with Gasteiger partial charge in [-0.1, -0.05) is 32.6 Å². The quantitative estimate of drug-likeness (QED) is 0.825. The van der Waals surface area contributed by atoms with E-state index in [4.69, 9.17) is 0 Å². The van der Waals surface area contributed by atoms with Crippen LogP contribution in [0.2, 0.25) is 0 Å². The van der Waals surface area contributed by atoms with E-state index in [1.807, 2.05) is 0 Å². The molecule has 0 amide bonds. The SMILES string of the molecule is CC1CCCC(NCCN2CCCCCC2C)C1. The van der Waals surface area contributed by atoms with Crippen LogP contribution in [0.4, 0.5) is 0 Å². The Labute approximate surface area is 114 Å². The summed E-state index contributed by atoms with van der Waals surface area (Å²) < 4.78 is 0. The van der Waals surface area contributed by atoms with Gasteiger partial charge in [-0.25, -0.2) is 0 Å². The van der Waals surface area contributed by atoms with Crippen LogP contribution in [0.5, 0.6) is 0 Å². The number of nitrogens with one attached hydrogen (secondary N) is 1. The van der Waals surface area contributed by atoms with Gasteiger partial charge >= 0.3 is 0 Å². The Morgan fingerprint density at radius 1 is 1.00 bits per heavy atom. The van der Waals surface area contributed by atoms with Gasteiger partial charge in [0.1, 0.15) is 0 Å². The van der Waals surface area contributed by atoms with Gasteiger partial charge in [0, 0.05) is 25.2 Å². The number of hydrogen-bond acceptors (Lipinski definition) is 2. The summed E-state index contributed by atoms with van der Waals surface area (Å²) >= 11 is 0. The molecular weight excluding hydrogens is 220 g/mol. The number of rotatable bonds is 4. The lowest BCUT2D eigenvalue weighted by atomic mass is 9.87. The van der Waals surface area contributed by atoms with Gasteiger partial charge in [0.2, 0.25) is 0 Å². The maximum Gasteiger partial charge on any atom is 0.0110 e. The third-order valence-corrected chi connectivity index (χ3v) is 4.96. The molecule has 2 aliphatic rings. The van der Waals surface area contributed by atoms with Crippen molar-refractivity contribution in [2.45, 2.75) is 77.3 Å². The third-order valence-electron chi connectivity index (χ3n) is 4.96. The van der Waals surface area contributed by atoms with Gasteiger partial charge in [0.25, 0.3) is 0 Å². The first-order chi connectivity index (χ1) is 8.75. The first-order valence-corrected chi connectivity index (χ1v) is 8.23. The van der Waals surface area contributed by atoms with Crippen LogP contribution < -0.4 is 5.32 Å². The molecule has 0 aromatic rings. The van der Waals surface area contributed by atoms with Crippen LogP contribution in [0.1, 0.15) is 65.2 Å². The van der Waals surface area contributed by atoms with E-state index in [1.54, 1.807) is 0 Å². The maximum atomic E-state index is 3.80. The van der Waals surface area contributed by atoms with E-state index >= 15 is 0 Å². The van der Waals surface area contributed by atoms with Crippen molar-refractivity contribution in [3.63, 3.8) is 0 Å². The zero-order valence-corrected chi connectivity index (χ0v) is 12.5. The van der Waals surface area contributed by atoms with E-state index < -0.39 is 0 Å². The Bertz CT molecular complexity index is 229. The fourth-order valence-electron chi connectivity index (χ4n) is 3.70. The highest BCUT2D eigenvalue weighted by Crippen LogP contribution is 2.23. The molecule has 1 aliphatic carbocycles. The van der Waals surface area contributed by atoms with Crippen molar-refractivity contribution < 1.29 is 0 Å². The molecule has 0 bridgehead atoms. The smallest absolute Gasteiger partial charge is 0.0110 e. The predicted octanol–water partition coefficient (Wildman–Crippen LogP) is 3.42. The first-order valence-electron chi connectivity index (χ1n) is 8.23. The van der Waals surface area contributed by atoms with Gasteiger partial charge in [0.15, 0.2) is 0 Å². The van der Waals surface area contributed by atoms with E-state index in [9.17, 15) is 0 Å². The highest BCUT2D eigenvalue weighted by Gasteiger charge is 2.19. The molecule has 0 aromatic carbocycles. The van der Waals surface area contributed by atoms with E-state index in [1.165, 1.54) is 71.0 Å². The lowest BCUT2D eigenvalue weighted by molar-refractivity contribution is 0.205. The Morgan fingerprint density at radius 3 is 2.72 bits per heavy atom. The number of likely N-dealkylation sites (tertiary alicyclic amines) is 1. The van der Waals surface area contributed by atoms with Crippen molar-refractivity contribution in [1.29, 1.82) is 0 Å². The number of hydrogen-bond donors (Lipinski definition) is 1. The fourth-order valence-corrected chi connectivity index (χ4v) is 3.70. The monoisotopic (exact) mass is 252 g/mol. The van der Waals surface area contributed by atoms with Crippen molar-refractivity contribution in [2.24, 2.45) is 5.92 Å². The molecule has 1 N–H and O–H groups in total. The molecular formula is C16H32N2. The first kappa shape index (κ1) is 14.3. The summed E-state index contributed by atoms with van der Waals surface area (Å²) in [6, 6.07) is 1.61. The zero-order chi connectivity index (χ0) is 12.8. The van der Waals surface area contributed by atoms with Crippen LogP contribution in [-0.4, -0.2) is 36.6 Å². The van der Waals surface area contributed by atoms with Crippen molar-refractivity contribution >= 4 is 0 Å². The average molecular weight is 252 g/mol. The van der Waals surface area contributed by atoms with Crippen LogP contribution in [0.15, 0.2) is 0 Å². The molecule has 2 nitrogen and oxygen atoms in total. The summed E-state index contributed by atoms with van der Waals surface area (Å²) in [5.74, 6) is 0.938. The number of nitrogens with zero attached hydrogens (tertiary/aromatic N) is 1. The van der Waals surface area contributed by atoms with Crippen molar-refractivity contribution in [3.05, 3.63) is 0 Å². The molecule has 1 saturated carbocycles. The van der Waals surface area contributed by atoms with Crippen LogP contribution in [0.25, 0.3) is 0 Å². The summed E-state index contributed by atoms with van der Waals surface area (Å²) in [5, 5.41) is 3.80. The standard InChI is InChI=1S/C16H32N2/c1-14-7-6-9-16(13-14)17-10-12-18-11-5-3-4-8-15(18)2/h14-17H,3-13H2,1-2H3. The molecule has 3 atom stereocenters. The average Bonchev–Trinajstić information content (AvgIpc) is 2.55. The molecule has 106 valence electrons. The highest BCUT2D eigenvalue weighted by atomic mass is 15.2. The largest absolute Gasteiger partial charge is 0.313 e. The van der Waals surface area contributed by atoms with Crippen molar-refractivity contribution in [2.75, 3.05) is 19.6 Å². The molecule has 0 aromatic heterocycles. The van der Waals surface area contributed by atoms with Gasteiger partial charge in [-0.15, -0.1) is 0 Å². The minimum absolute atomic E-state index is 0.802. The van der Waals surface area contributed by atoms with Gasteiger partial charge in [0.05, 0.1) is 0 Å². The minimum Gasteiger partial charge on any atom is -0.313 e. The maximum absolute atomic E-state index is 3.80. The van der Waals surface area contributed by atoms with Gasteiger partial charge in [-0.2, -0.15) is 0 Å². The predicted molar refractivity (Wildman–Crippen MR) is 78.9 cm³/mol. The van der Waals surface area contributed by atoms with E-state index in [2.05, 4.69) is 24.1 Å². The van der Waals surface area contributed by atoms with Gasteiger partial charge < -0.3 is 5.32 Å². The second-order valence-corrected chi connectivity index (χ2v) is 6.66. The van der Waals surface area contributed by atoms with E-state index in [0.29, 0.717) is 0 Å². The summed E-state index contributed by atoms with van der Waals surface area (Å²) in [6.07, 6.45) is 11.4. The minimum atomic E-state index is 0.802. The van der Waals surface area contributed by atoms with Crippen LogP contribution >= 0.6 is 0 Å². The van der Waals surface area contributed by atoms with E-state index in [-0.39, 0.29) is 0 Å². The summed E-state index contributed by atoms with van der Waals surface area (Å²) in [5.41, 5.74) is 0. The molecule has 2 fully saturated rings. The Kier molecular flexibility index (Phi) is 5.97. The van der Waals surface area contributed by atoms with Gasteiger partial charge in [-0.05, 0) is 45.1 Å². The lowest BCUT2D eigenvalue weighted by Crippen LogP contribution is -2.42. The molecule has 1 saturated heterocycles. The Morgan fingerprint density at radius 2 is 1.89 bits per heavy atom. The van der Waals surface area contributed by atoms with Crippen molar-refractivity contribution in [1.82, 2.24) is 10.2 Å². The molecule has 1 heterocycles. The molecule has 0 spiro atoms. The molecule has 0 radical (unpaired) electrons. The van der Waals surface area contributed by atoms with Crippen LogP contribution in [-0.2, 0) is 0 Å². The molecule has 2 heteroatoms. The second kappa shape index (κ2) is 7.49. The second-order valence-electron chi connectivity index (χ2n) is 6.66. The molecule has 1 aliphatic heterocycles. The van der Waals surface area contributed by atoms with Crippen molar-refractivity contribution in [3.8, 4) is 0 Å². The zero-order valence-electron chi connectivity index (χ0n) is 12.5. The van der Waals surface area contributed by atoms with Crippen LogP contribution in [0, 0.1) is 5.92 Å². The summed E-state index contributed by atoms with van der Waals surface area (Å²) in [7, 11) is 0. The Hall–Kier alpha value is -0.0800. The van der Waals surface area contributed by atoms with E-state index in [0.717, 1.165) is 18.0 Å². The van der Waals surface area contributed by atoms with Crippen LogP contribution in [0.3, 0.4) is 0 Å². The third kappa shape index (κ3) is 4.55.